The highest BCUT2D eigenvalue weighted by atomic mass is 32.2. The first kappa shape index (κ1) is 22.5. The summed E-state index contributed by atoms with van der Waals surface area (Å²) in [5, 5.41) is 0.513. The van der Waals surface area contributed by atoms with Crippen molar-refractivity contribution in [2.24, 2.45) is 10.9 Å². The van der Waals surface area contributed by atoms with Gasteiger partial charge in [-0.05, 0) is 61.6 Å². The molecule has 5 rings (SSSR count). The maximum atomic E-state index is 13.4. The van der Waals surface area contributed by atoms with E-state index in [9.17, 15) is 9.59 Å². The fraction of sp³-hybridized carbons (Fsp3) is 0.346. The summed E-state index contributed by atoms with van der Waals surface area (Å²) >= 11 is 1.31. The van der Waals surface area contributed by atoms with Gasteiger partial charge >= 0.3 is 0 Å². The molecule has 1 saturated heterocycles. The Labute approximate surface area is 203 Å². The number of carbonyl (C=O) groups excluding carboxylic acids is 2. The van der Waals surface area contributed by atoms with E-state index >= 15 is 0 Å². The van der Waals surface area contributed by atoms with Crippen molar-refractivity contribution in [2.45, 2.75) is 26.7 Å². The Kier molecular flexibility index (Phi) is 6.32. The Hall–Kier alpha value is -3.26. The molecule has 0 aliphatic carbocycles. The number of aliphatic imine (C=N–C) groups is 1. The van der Waals surface area contributed by atoms with E-state index in [1.807, 2.05) is 54.3 Å². The van der Waals surface area contributed by atoms with Crippen molar-refractivity contribution < 1.29 is 19.1 Å². The molecule has 8 heteroatoms. The number of hydrogen-bond donors (Lipinski definition) is 0. The summed E-state index contributed by atoms with van der Waals surface area (Å²) in [6, 6.07) is 13.3. The number of hydrogen-bond acceptors (Lipinski definition) is 6. The van der Waals surface area contributed by atoms with Gasteiger partial charge in [-0.3, -0.25) is 14.5 Å². The van der Waals surface area contributed by atoms with Gasteiger partial charge in [-0.2, -0.15) is 0 Å². The molecule has 176 valence electrons. The molecule has 1 fully saturated rings. The van der Waals surface area contributed by atoms with E-state index in [1.165, 1.54) is 11.8 Å². The van der Waals surface area contributed by atoms with Gasteiger partial charge < -0.3 is 14.4 Å². The third-order valence-electron chi connectivity index (χ3n) is 6.28. The Bertz CT molecular complexity index is 1170. The topological polar surface area (TPSA) is 71.4 Å². The maximum Gasteiger partial charge on any atom is 0.283 e. The molecule has 2 aromatic carbocycles. The lowest BCUT2D eigenvalue weighted by Crippen LogP contribution is -2.39. The second-order valence-electron chi connectivity index (χ2n) is 8.86. The van der Waals surface area contributed by atoms with Crippen molar-refractivity contribution in [3.8, 4) is 11.5 Å². The number of likely N-dealkylation sites (tertiary alicyclic amines) is 1. The summed E-state index contributed by atoms with van der Waals surface area (Å²) in [4.78, 5) is 34.4. The van der Waals surface area contributed by atoms with Crippen LogP contribution in [0.25, 0.3) is 6.08 Å². The van der Waals surface area contributed by atoms with Crippen LogP contribution in [-0.2, 0) is 9.59 Å². The molecule has 0 unspecified atom stereocenters. The SMILES string of the molecule is Cc1ccc(N2C(=O)C(=Cc3ccc4c(c3)OCO4)N=C2SCC(=O)N2CCC(C)CC2)cc1. The summed E-state index contributed by atoms with van der Waals surface area (Å²) in [5.41, 5.74) is 2.95. The zero-order valence-corrected chi connectivity index (χ0v) is 20.1. The van der Waals surface area contributed by atoms with Crippen LogP contribution in [0.1, 0.15) is 30.9 Å². The predicted octanol–water partition coefficient (Wildman–Crippen LogP) is 4.46. The number of anilines is 1. The first-order chi connectivity index (χ1) is 16.5. The molecule has 0 bridgehead atoms. The first-order valence-corrected chi connectivity index (χ1v) is 12.5. The van der Waals surface area contributed by atoms with Gasteiger partial charge in [0.05, 0.1) is 11.4 Å². The summed E-state index contributed by atoms with van der Waals surface area (Å²) in [6.45, 7) is 6.01. The molecule has 0 spiro atoms. The molecule has 3 heterocycles. The molecule has 0 N–H and O–H groups in total. The molecule has 7 nitrogen and oxygen atoms in total. The van der Waals surface area contributed by atoms with Gasteiger partial charge in [-0.25, -0.2) is 4.99 Å². The van der Waals surface area contributed by atoms with Crippen LogP contribution in [0.3, 0.4) is 0 Å². The van der Waals surface area contributed by atoms with Crippen LogP contribution in [0.4, 0.5) is 5.69 Å². The Morgan fingerprint density at radius 1 is 1.12 bits per heavy atom. The monoisotopic (exact) mass is 477 g/mol. The minimum Gasteiger partial charge on any atom is -0.454 e. The van der Waals surface area contributed by atoms with Gasteiger partial charge in [-0.15, -0.1) is 0 Å². The van der Waals surface area contributed by atoms with Crippen molar-refractivity contribution in [1.82, 2.24) is 4.90 Å². The lowest BCUT2D eigenvalue weighted by molar-refractivity contribution is -0.129. The zero-order valence-electron chi connectivity index (χ0n) is 19.3. The highest BCUT2D eigenvalue weighted by Gasteiger charge is 2.33. The molecule has 0 saturated carbocycles. The molecular formula is C26H27N3O4S. The third-order valence-corrected chi connectivity index (χ3v) is 7.21. The number of fused-ring (bicyclic) bond motifs is 1. The third kappa shape index (κ3) is 4.68. The van der Waals surface area contributed by atoms with Crippen molar-refractivity contribution in [1.29, 1.82) is 0 Å². The molecular weight excluding hydrogens is 450 g/mol. The minimum absolute atomic E-state index is 0.0871. The van der Waals surface area contributed by atoms with Crippen molar-refractivity contribution in [3.63, 3.8) is 0 Å². The Morgan fingerprint density at radius 2 is 1.85 bits per heavy atom. The second-order valence-corrected chi connectivity index (χ2v) is 9.81. The summed E-state index contributed by atoms with van der Waals surface area (Å²) in [5.74, 6) is 2.11. The van der Waals surface area contributed by atoms with Crippen LogP contribution in [0.5, 0.6) is 11.5 Å². The molecule has 0 radical (unpaired) electrons. The quantitative estimate of drug-likeness (QED) is 0.608. The van der Waals surface area contributed by atoms with E-state index in [4.69, 9.17) is 9.47 Å². The number of amidine groups is 1. The van der Waals surface area contributed by atoms with Crippen molar-refractivity contribution in [3.05, 3.63) is 59.3 Å². The smallest absolute Gasteiger partial charge is 0.283 e. The van der Waals surface area contributed by atoms with E-state index < -0.39 is 0 Å². The molecule has 0 atom stereocenters. The second kappa shape index (κ2) is 9.54. The fourth-order valence-corrected chi connectivity index (χ4v) is 5.07. The van der Waals surface area contributed by atoms with Gasteiger partial charge in [-0.1, -0.05) is 42.4 Å². The average molecular weight is 478 g/mol. The summed E-state index contributed by atoms with van der Waals surface area (Å²) < 4.78 is 10.8. The van der Waals surface area contributed by atoms with Crippen LogP contribution in [0.15, 0.2) is 53.2 Å². The van der Waals surface area contributed by atoms with Gasteiger partial charge in [0.1, 0.15) is 5.70 Å². The molecule has 34 heavy (non-hydrogen) atoms. The highest BCUT2D eigenvalue weighted by Crippen LogP contribution is 2.35. The number of benzene rings is 2. The van der Waals surface area contributed by atoms with Gasteiger partial charge in [0.2, 0.25) is 12.7 Å². The maximum absolute atomic E-state index is 13.4. The molecule has 0 aromatic heterocycles. The van der Waals surface area contributed by atoms with Gasteiger partial charge in [0, 0.05) is 13.1 Å². The van der Waals surface area contributed by atoms with E-state index in [0.717, 1.165) is 42.7 Å². The van der Waals surface area contributed by atoms with Gasteiger partial charge in [0.15, 0.2) is 16.7 Å². The molecule has 2 aromatic rings. The number of rotatable bonds is 4. The van der Waals surface area contributed by atoms with E-state index in [0.29, 0.717) is 28.3 Å². The number of nitrogens with zero attached hydrogens (tertiary/aromatic N) is 3. The number of thioether (sulfide) groups is 1. The molecule has 2 amide bonds. The van der Waals surface area contributed by atoms with E-state index in [1.54, 1.807) is 11.0 Å². The Morgan fingerprint density at radius 3 is 2.62 bits per heavy atom. The van der Waals surface area contributed by atoms with Crippen LogP contribution >= 0.6 is 11.8 Å². The largest absolute Gasteiger partial charge is 0.454 e. The number of ether oxygens (including phenoxy) is 2. The van der Waals surface area contributed by atoms with E-state index in [-0.39, 0.29) is 24.4 Å². The van der Waals surface area contributed by atoms with Gasteiger partial charge in [0.25, 0.3) is 5.91 Å². The Balaban J connectivity index is 1.39. The lowest BCUT2D eigenvalue weighted by Gasteiger charge is -2.30. The number of aryl methyl sites for hydroxylation is 1. The summed E-state index contributed by atoms with van der Waals surface area (Å²) in [7, 11) is 0. The van der Waals surface area contributed by atoms with Crippen molar-refractivity contribution >= 4 is 40.5 Å². The van der Waals surface area contributed by atoms with Crippen LogP contribution in [0.2, 0.25) is 0 Å². The summed E-state index contributed by atoms with van der Waals surface area (Å²) in [6.07, 6.45) is 3.81. The number of piperidine rings is 1. The fourth-order valence-electron chi connectivity index (χ4n) is 4.15. The highest BCUT2D eigenvalue weighted by molar-refractivity contribution is 8.14. The van der Waals surface area contributed by atoms with Crippen LogP contribution in [-0.4, -0.2) is 47.5 Å². The van der Waals surface area contributed by atoms with Crippen LogP contribution in [0, 0.1) is 12.8 Å². The zero-order chi connectivity index (χ0) is 23.7. The molecule has 3 aliphatic heterocycles. The minimum atomic E-state index is -0.219. The lowest BCUT2D eigenvalue weighted by atomic mass is 9.99. The standard InChI is InChI=1S/C26H27N3O4S/c1-17-3-6-20(7-4-17)29-25(31)21(13-19-5-8-22-23(14-19)33-16-32-22)27-26(29)34-15-24(30)28-11-9-18(2)10-12-28/h3-8,13-14,18H,9-12,15-16H2,1-2H3. The van der Waals surface area contributed by atoms with Crippen molar-refractivity contribution in [2.75, 3.05) is 30.5 Å². The van der Waals surface area contributed by atoms with E-state index in [2.05, 4.69) is 11.9 Å². The number of carbonyl (C=O) groups is 2. The van der Waals surface area contributed by atoms with Crippen LogP contribution < -0.4 is 14.4 Å². The molecule has 3 aliphatic rings. The normalized spacial score (nSPS) is 19.2. The first-order valence-electron chi connectivity index (χ1n) is 11.5. The number of amides is 2. The predicted molar refractivity (Wildman–Crippen MR) is 134 cm³/mol. The average Bonchev–Trinajstić information content (AvgIpc) is 3.43.